The van der Waals surface area contributed by atoms with Crippen LogP contribution in [0, 0.1) is 0 Å². The maximum atomic E-state index is 12.0. The number of hydrazone groups is 1. The summed E-state index contributed by atoms with van der Waals surface area (Å²) >= 11 is 9.81. The van der Waals surface area contributed by atoms with Crippen molar-refractivity contribution in [3.8, 4) is 0 Å². The first-order chi connectivity index (χ1) is 9.13. The van der Waals surface area contributed by atoms with Crippen LogP contribution < -0.4 is 11.1 Å². The van der Waals surface area contributed by atoms with Crippen LogP contribution in [0.4, 0.5) is 0 Å². The smallest absolute Gasteiger partial charge is 0.345 e. The van der Waals surface area contributed by atoms with Crippen LogP contribution >= 0.6 is 39.9 Å². The SMILES string of the molecule is O=c1oc2ccc(Br)cc2cc1C1=NNC(=S)SC1. The van der Waals surface area contributed by atoms with Crippen molar-refractivity contribution in [3.05, 3.63) is 44.7 Å². The normalized spacial score (nSPS) is 15.2. The van der Waals surface area contributed by atoms with Gasteiger partial charge in [-0.15, -0.1) is 0 Å². The molecule has 0 bridgehead atoms. The minimum atomic E-state index is -0.385. The summed E-state index contributed by atoms with van der Waals surface area (Å²) in [6.45, 7) is 0. The van der Waals surface area contributed by atoms with Crippen LogP contribution in [0.2, 0.25) is 0 Å². The molecule has 7 heteroatoms. The van der Waals surface area contributed by atoms with Crippen molar-refractivity contribution >= 4 is 60.9 Å². The molecule has 2 heterocycles. The molecule has 19 heavy (non-hydrogen) atoms. The van der Waals surface area contributed by atoms with E-state index in [1.54, 1.807) is 12.1 Å². The highest BCUT2D eigenvalue weighted by Crippen LogP contribution is 2.20. The molecule has 1 N–H and O–H groups in total. The number of halogens is 1. The maximum absolute atomic E-state index is 12.0. The second kappa shape index (κ2) is 5.07. The van der Waals surface area contributed by atoms with Crippen molar-refractivity contribution in [3.63, 3.8) is 0 Å². The van der Waals surface area contributed by atoms with Crippen molar-refractivity contribution in [1.82, 2.24) is 5.43 Å². The Labute approximate surface area is 126 Å². The zero-order valence-electron chi connectivity index (χ0n) is 9.47. The van der Waals surface area contributed by atoms with E-state index in [2.05, 4.69) is 26.5 Å². The third-order valence-corrected chi connectivity index (χ3v) is 4.34. The van der Waals surface area contributed by atoms with Gasteiger partial charge in [0.1, 0.15) is 5.58 Å². The fraction of sp³-hybridized carbons (Fsp3) is 0.0833. The molecule has 0 saturated heterocycles. The van der Waals surface area contributed by atoms with Crippen LogP contribution in [0.25, 0.3) is 11.0 Å². The second-order valence-corrected chi connectivity index (χ2v) is 6.44. The molecule has 96 valence electrons. The molecule has 0 unspecified atom stereocenters. The van der Waals surface area contributed by atoms with Gasteiger partial charge >= 0.3 is 5.63 Å². The number of rotatable bonds is 1. The summed E-state index contributed by atoms with van der Waals surface area (Å²) < 4.78 is 6.84. The molecule has 1 aliphatic rings. The lowest BCUT2D eigenvalue weighted by molar-refractivity contribution is 0.559. The van der Waals surface area contributed by atoms with E-state index in [9.17, 15) is 4.79 Å². The summed E-state index contributed by atoms with van der Waals surface area (Å²) in [6, 6.07) is 7.28. The van der Waals surface area contributed by atoms with Gasteiger partial charge in [-0.3, -0.25) is 5.43 Å². The molecular formula is C12H7BrN2O2S2. The predicted octanol–water partition coefficient (Wildman–Crippen LogP) is 2.88. The maximum Gasteiger partial charge on any atom is 0.345 e. The van der Waals surface area contributed by atoms with Crippen molar-refractivity contribution < 1.29 is 4.42 Å². The average Bonchev–Trinajstić information content (AvgIpc) is 2.40. The van der Waals surface area contributed by atoms with Gasteiger partial charge in [0.05, 0.1) is 11.3 Å². The molecule has 0 atom stereocenters. The number of hydrogen-bond donors (Lipinski definition) is 1. The highest BCUT2D eigenvalue weighted by atomic mass is 79.9. The predicted molar refractivity (Wildman–Crippen MR) is 84.9 cm³/mol. The molecule has 0 aliphatic carbocycles. The second-order valence-electron chi connectivity index (χ2n) is 3.88. The summed E-state index contributed by atoms with van der Waals surface area (Å²) in [5.74, 6) is 0.566. The zero-order valence-corrected chi connectivity index (χ0v) is 12.7. The standard InChI is InChI=1S/C12H7BrN2O2S2/c13-7-1-2-10-6(3-7)4-8(11(16)17-10)9-5-19-12(18)15-14-9/h1-4H,5H2,(H,15,18). The molecule has 1 aromatic heterocycles. The molecule has 0 amide bonds. The Morgan fingerprint density at radius 3 is 3.00 bits per heavy atom. The van der Waals surface area contributed by atoms with Crippen LogP contribution in [-0.4, -0.2) is 15.8 Å². The van der Waals surface area contributed by atoms with E-state index in [1.165, 1.54) is 11.8 Å². The Bertz CT molecular complexity index is 770. The topological polar surface area (TPSA) is 54.6 Å². The van der Waals surface area contributed by atoms with Gasteiger partial charge in [0.2, 0.25) is 0 Å². The third-order valence-electron chi connectivity index (χ3n) is 2.63. The zero-order chi connectivity index (χ0) is 13.4. The van der Waals surface area contributed by atoms with E-state index in [0.29, 0.717) is 26.9 Å². The van der Waals surface area contributed by atoms with Crippen molar-refractivity contribution in [2.45, 2.75) is 0 Å². The molecule has 0 radical (unpaired) electrons. The number of benzene rings is 1. The summed E-state index contributed by atoms with van der Waals surface area (Å²) in [6.07, 6.45) is 0. The van der Waals surface area contributed by atoms with Gasteiger partial charge in [-0.2, -0.15) is 5.10 Å². The van der Waals surface area contributed by atoms with Gasteiger partial charge in [-0.25, -0.2) is 4.79 Å². The minimum absolute atomic E-state index is 0.385. The first kappa shape index (κ1) is 12.8. The fourth-order valence-electron chi connectivity index (χ4n) is 1.75. The molecule has 1 aromatic carbocycles. The Morgan fingerprint density at radius 1 is 1.42 bits per heavy atom. The fourth-order valence-corrected chi connectivity index (χ4v) is 2.94. The summed E-state index contributed by atoms with van der Waals surface area (Å²) in [4.78, 5) is 12.0. The van der Waals surface area contributed by atoms with E-state index in [0.717, 1.165) is 9.86 Å². The number of thiocarbonyl (C=S) groups is 1. The van der Waals surface area contributed by atoms with Crippen LogP contribution in [0.3, 0.4) is 0 Å². The molecular weight excluding hydrogens is 348 g/mol. The van der Waals surface area contributed by atoms with E-state index >= 15 is 0 Å². The first-order valence-corrected chi connectivity index (χ1v) is 7.55. The number of thioether (sulfide) groups is 1. The Balaban J connectivity index is 2.16. The van der Waals surface area contributed by atoms with E-state index in [1.807, 2.05) is 12.1 Å². The lowest BCUT2D eigenvalue weighted by atomic mass is 10.1. The molecule has 2 aromatic rings. The quantitative estimate of drug-likeness (QED) is 0.630. The molecule has 3 rings (SSSR count). The van der Waals surface area contributed by atoms with Crippen molar-refractivity contribution in [2.24, 2.45) is 5.10 Å². The van der Waals surface area contributed by atoms with E-state index < -0.39 is 0 Å². The Kier molecular flexibility index (Phi) is 3.42. The summed E-state index contributed by atoms with van der Waals surface area (Å²) in [5.41, 5.74) is 4.00. The van der Waals surface area contributed by atoms with Gasteiger partial charge in [0, 0.05) is 15.6 Å². The Hall–Kier alpha value is -1.18. The van der Waals surface area contributed by atoms with E-state index in [-0.39, 0.29) is 5.63 Å². The van der Waals surface area contributed by atoms with Crippen molar-refractivity contribution in [1.29, 1.82) is 0 Å². The van der Waals surface area contributed by atoms with E-state index in [4.69, 9.17) is 16.6 Å². The van der Waals surface area contributed by atoms with Gasteiger partial charge in [-0.05, 0) is 24.3 Å². The number of hydrogen-bond acceptors (Lipinski definition) is 5. The molecule has 1 aliphatic heterocycles. The van der Waals surface area contributed by atoms with Crippen LogP contribution in [-0.2, 0) is 0 Å². The van der Waals surface area contributed by atoms with Crippen LogP contribution in [0.5, 0.6) is 0 Å². The van der Waals surface area contributed by atoms with Gasteiger partial charge < -0.3 is 4.42 Å². The first-order valence-electron chi connectivity index (χ1n) is 5.36. The number of fused-ring (bicyclic) bond motifs is 1. The molecule has 0 spiro atoms. The van der Waals surface area contributed by atoms with Crippen molar-refractivity contribution in [2.75, 3.05) is 5.75 Å². The number of nitrogens with zero attached hydrogens (tertiary/aromatic N) is 1. The summed E-state index contributed by atoms with van der Waals surface area (Å²) in [7, 11) is 0. The monoisotopic (exact) mass is 354 g/mol. The highest BCUT2D eigenvalue weighted by molar-refractivity contribution is 9.10. The molecule has 0 saturated carbocycles. The van der Waals surface area contributed by atoms with Gasteiger partial charge in [0.15, 0.2) is 4.32 Å². The molecule has 4 nitrogen and oxygen atoms in total. The Morgan fingerprint density at radius 2 is 2.26 bits per heavy atom. The van der Waals surface area contributed by atoms with Crippen LogP contribution in [0.15, 0.2) is 43.1 Å². The lowest BCUT2D eigenvalue weighted by Gasteiger charge is -2.12. The van der Waals surface area contributed by atoms with Crippen LogP contribution in [0.1, 0.15) is 5.56 Å². The average molecular weight is 355 g/mol. The largest absolute Gasteiger partial charge is 0.422 e. The lowest BCUT2D eigenvalue weighted by Crippen LogP contribution is -2.27. The minimum Gasteiger partial charge on any atom is -0.422 e. The highest BCUT2D eigenvalue weighted by Gasteiger charge is 2.16. The molecule has 0 fully saturated rings. The van der Waals surface area contributed by atoms with Gasteiger partial charge in [0.25, 0.3) is 0 Å². The number of nitrogens with one attached hydrogen (secondary N) is 1. The van der Waals surface area contributed by atoms with Gasteiger partial charge in [-0.1, -0.05) is 39.9 Å². The summed E-state index contributed by atoms with van der Waals surface area (Å²) in [5, 5.41) is 4.96. The third kappa shape index (κ3) is 2.58.